The molecule has 0 saturated heterocycles. The molecule has 1 aromatic rings. The SMILES string of the molecule is CCN1c2cccc(C(=O)OC)c2NCC1C. The molecule has 2 rings (SSSR count). The molecule has 0 radical (unpaired) electrons. The molecule has 0 spiro atoms. The number of nitrogens with zero attached hydrogens (tertiary/aromatic N) is 1. The van der Waals surface area contributed by atoms with Gasteiger partial charge in [0, 0.05) is 19.1 Å². The number of carbonyl (C=O) groups is 1. The Hall–Kier alpha value is -1.71. The molecule has 4 nitrogen and oxygen atoms in total. The molecule has 1 N–H and O–H groups in total. The smallest absolute Gasteiger partial charge is 0.340 e. The van der Waals surface area contributed by atoms with Crippen LogP contribution in [-0.2, 0) is 4.74 Å². The average Bonchev–Trinajstić information content (AvgIpc) is 2.37. The summed E-state index contributed by atoms with van der Waals surface area (Å²) in [4.78, 5) is 14.0. The van der Waals surface area contributed by atoms with E-state index in [1.807, 2.05) is 12.1 Å². The van der Waals surface area contributed by atoms with Crippen LogP contribution < -0.4 is 10.2 Å². The van der Waals surface area contributed by atoms with Gasteiger partial charge in [-0.3, -0.25) is 0 Å². The highest BCUT2D eigenvalue weighted by atomic mass is 16.5. The maximum atomic E-state index is 11.7. The summed E-state index contributed by atoms with van der Waals surface area (Å²) in [6.45, 7) is 6.07. The van der Waals surface area contributed by atoms with Crippen LogP contribution in [0.15, 0.2) is 18.2 Å². The highest BCUT2D eigenvalue weighted by Crippen LogP contribution is 2.34. The molecule has 1 aromatic carbocycles. The first-order valence-electron chi connectivity index (χ1n) is 5.90. The van der Waals surface area contributed by atoms with Crippen LogP contribution in [0.4, 0.5) is 11.4 Å². The summed E-state index contributed by atoms with van der Waals surface area (Å²) in [6.07, 6.45) is 0. The number of benzene rings is 1. The molecule has 1 aliphatic rings. The zero-order valence-electron chi connectivity index (χ0n) is 10.5. The van der Waals surface area contributed by atoms with Crippen molar-refractivity contribution in [2.75, 3.05) is 30.4 Å². The van der Waals surface area contributed by atoms with Gasteiger partial charge in [0.1, 0.15) is 0 Å². The molecular weight excluding hydrogens is 216 g/mol. The predicted molar refractivity (Wildman–Crippen MR) is 68.8 cm³/mol. The van der Waals surface area contributed by atoms with Gasteiger partial charge < -0.3 is 15.0 Å². The zero-order chi connectivity index (χ0) is 12.4. The highest BCUT2D eigenvalue weighted by Gasteiger charge is 2.25. The second kappa shape index (κ2) is 4.65. The lowest BCUT2D eigenvalue weighted by molar-refractivity contribution is 0.0602. The number of nitrogens with one attached hydrogen (secondary N) is 1. The Morgan fingerprint density at radius 1 is 1.59 bits per heavy atom. The van der Waals surface area contributed by atoms with Gasteiger partial charge >= 0.3 is 5.97 Å². The molecule has 1 aliphatic heterocycles. The second-order valence-corrected chi connectivity index (χ2v) is 4.21. The molecule has 17 heavy (non-hydrogen) atoms. The average molecular weight is 234 g/mol. The van der Waals surface area contributed by atoms with E-state index in [-0.39, 0.29) is 5.97 Å². The van der Waals surface area contributed by atoms with Crippen molar-refractivity contribution in [2.45, 2.75) is 19.9 Å². The van der Waals surface area contributed by atoms with Gasteiger partial charge in [-0.05, 0) is 26.0 Å². The Balaban J connectivity index is 2.48. The van der Waals surface area contributed by atoms with Gasteiger partial charge in [-0.15, -0.1) is 0 Å². The molecular formula is C13H18N2O2. The molecule has 4 heteroatoms. The minimum absolute atomic E-state index is 0.292. The number of esters is 1. The molecule has 0 bridgehead atoms. The second-order valence-electron chi connectivity index (χ2n) is 4.21. The van der Waals surface area contributed by atoms with Crippen molar-refractivity contribution in [2.24, 2.45) is 0 Å². The van der Waals surface area contributed by atoms with Crippen LogP contribution in [0.1, 0.15) is 24.2 Å². The van der Waals surface area contributed by atoms with Gasteiger partial charge in [-0.25, -0.2) is 4.79 Å². The Morgan fingerprint density at radius 3 is 3.00 bits per heavy atom. The number of carbonyl (C=O) groups excluding carboxylic acids is 1. The Bertz CT molecular complexity index is 431. The minimum Gasteiger partial charge on any atom is -0.465 e. The van der Waals surface area contributed by atoms with Crippen LogP contribution in [-0.4, -0.2) is 32.2 Å². The molecule has 92 valence electrons. The summed E-state index contributed by atoms with van der Waals surface area (Å²) in [6, 6.07) is 6.16. The molecule has 0 aliphatic carbocycles. The number of ether oxygens (including phenoxy) is 1. The van der Waals surface area contributed by atoms with Gasteiger partial charge in [0.2, 0.25) is 0 Å². The van der Waals surface area contributed by atoms with Crippen molar-refractivity contribution in [3.05, 3.63) is 23.8 Å². The van der Waals surface area contributed by atoms with Gasteiger partial charge in [0.05, 0.1) is 24.0 Å². The summed E-state index contributed by atoms with van der Waals surface area (Å²) in [5.41, 5.74) is 2.57. The monoisotopic (exact) mass is 234 g/mol. The fourth-order valence-corrected chi connectivity index (χ4v) is 2.32. The molecule has 0 saturated carbocycles. The third-order valence-corrected chi connectivity index (χ3v) is 3.20. The van der Waals surface area contributed by atoms with Crippen molar-refractivity contribution in [1.82, 2.24) is 0 Å². The fourth-order valence-electron chi connectivity index (χ4n) is 2.32. The van der Waals surface area contributed by atoms with Gasteiger partial charge in [0.15, 0.2) is 0 Å². The summed E-state index contributed by atoms with van der Waals surface area (Å²) in [7, 11) is 1.41. The minimum atomic E-state index is -0.292. The summed E-state index contributed by atoms with van der Waals surface area (Å²) in [5, 5.41) is 3.32. The standard InChI is InChI=1S/C13H18N2O2/c1-4-15-9(2)8-14-12-10(13(16)17-3)6-5-7-11(12)15/h5-7,9,14H,4,8H2,1-3H3. The van der Waals surface area contributed by atoms with E-state index in [0.717, 1.165) is 24.5 Å². The number of likely N-dealkylation sites (N-methyl/N-ethyl adjacent to an activating group) is 1. The zero-order valence-corrected chi connectivity index (χ0v) is 10.5. The lowest BCUT2D eigenvalue weighted by Gasteiger charge is -2.37. The molecule has 1 heterocycles. The third-order valence-electron chi connectivity index (χ3n) is 3.20. The highest BCUT2D eigenvalue weighted by molar-refractivity contribution is 5.99. The van der Waals surface area contributed by atoms with Crippen molar-refractivity contribution in [1.29, 1.82) is 0 Å². The quantitative estimate of drug-likeness (QED) is 0.796. The summed E-state index contributed by atoms with van der Waals surface area (Å²) < 4.78 is 4.80. The molecule has 1 atom stereocenters. The number of fused-ring (bicyclic) bond motifs is 1. The Morgan fingerprint density at radius 2 is 2.35 bits per heavy atom. The topological polar surface area (TPSA) is 41.6 Å². The van der Waals surface area contributed by atoms with Crippen molar-refractivity contribution < 1.29 is 9.53 Å². The van der Waals surface area contributed by atoms with Crippen LogP contribution in [0.25, 0.3) is 0 Å². The molecule has 0 fully saturated rings. The number of para-hydroxylation sites is 1. The normalized spacial score (nSPS) is 18.3. The van der Waals surface area contributed by atoms with Crippen molar-refractivity contribution in [3.8, 4) is 0 Å². The van der Waals surface area contributed by atoms with E-state index in [9.17, 15) is 4.79 Å². The number of hydrogen-bond donors (Lipinski definition) is 1. The van der Waals surface area contributed by atoms with E-state index in [4.69, 9.17) is 4.74 Å². The largest absolute Gasteiger partial charge is 0.465 e. The third kappa shape index (κ3) is 1.95. The molecule has 1 unspecified atom stereocenters. The van der Waals surface area contributed by atoms with Gasteiger partial charge in [-0.1, -0.05) is 6.07 Å². The van der Waals surface area contributed by atoms with E-state index in [1.165, 1.54) is 7.11 Å². The lowest BCUT2D eigenvalue weighted by Crippen LogP contribution is -2.42. The first-order valence-corrected chi connectivity index (χ1v) is 5.90. The lowest BCUT2D eigenvalue weighted by atomic mass is 10.1. The van der Waals surface area contributed by atoms with Crippen LogP contribution in [0, 0.1) is 0 Å². The van der Waals surface area contributed by atoms with Crippen LogP contribution >= 0.6 is 0 Å². The van der Waals surface area contributed by atoms with Gasteiger partial charge in [-0.2, -0.15) is 0 Å². The van der Waals surface area contributed by atoms with Gasteiger partial charge in [0.25, 0.3) is 0 Å². The number of methoxy groups -OCH3 is 1. The Labute approximate surface area is 102 Å². The van der Waals surface area contributed by atoms with Crippen LogP contribution in [0.3, 0.4) is 0 Å². The maximum absolute atomic E-state index is 11.7. The van der Waals surface area contributed by atoms with Crippen LogP contribution in [0.2, 0.25) is 0 Å². The predicted octanol–water partition coefficient (Wildman–Crippen LogP) is 2.11. The molecule has 0 amide bonds. The maximum Gasteiger partial charge on any atom is 0.340 e. The number of anilines is 2. The number of rotatable bonds is 2. The first kappa shape index (κ1) is 11.8. The molecule has 0 aromatic heterocycles. The summed E-state index contributed by atoms with van der Waals surface area (Å²) in [5.74, 6) is -0.292. The summed E-state index contributed by atoms with van der Waals surface area (Å²) >= 11 is 0. The van der Waals surface area contributed by atoms with E-state index in [2.05, 4.69) is 24.1 Å². The van der Waals surface area contributed by atoms with Crippen molar-refractivity contribution >= 4 is 17.3 Å². The van der Waals surface area contributed by atoms with E-state index in [0.29, 0.717) is 11.6 Å². The van der Waals surface area contributed by atoms with E-state index in [1.54, 1.807) is 6.07 Å². The van der Waals surface area contributed by atoms with Crippen LogP contribution in [0.5, 0.6) is 0 Å². The fraction of sp³-hybridized carbons (Fsp3) is 0.462. The van der Waals surface area contributed by atoms with Crippen molar-refractivity contribution in [3.63, 3.8) is 0 Å². The van der Waals surface area contributed by atoms with E-state index >= 15 is 0 Å². The van der Waals surface area contributed by atoms with E-state index < -0.39 is 0 Å². The Kier molecular flexibility index (Phi) is 3.22. The first-order chi connectivity index (χ1) is 8.19. The number of hydrogen-bond acceptors (Lipinski definition) is 4.